The summed E-state index contributed by atoms with van der Waals surface area (Å²) in [5, 5.41) is 11.4. The number of aliphatic hydroxyl groups is 1. The second-order valence-corrected chi connectivity index (χ2v) is 3.13. The molecule has 0 aliphatic rings. The first-order chi connectivity index (χ1) is 6.33. The van der Waals surface area contributed by atoms with Crippen molar-refractivity contribution in [3.05, 3.63) is 41.2 Å². The molecular weight excluding hydrogens is 186 g/mol. The maximum atomic E-state index is 9.06. The molecule has 0 radical (unpaired) electrons. The van der Waals surface area contributed by atoms with Gasteiger partial charge >= 0.3 is 0 Å². The lowest BCUT2D eigenvalue weighted by Crippen LogP contribution is -1.86. The van der Waals surface area contributed by atoms with E-state index in [4.69, 9.17) is 16.7 Å². The minimum atomic E-state index is 0.0255. The quantitative estimate of drug-likeness (QED) is 0.706. The number of hydrogen-bond acceptors (Lipinski definition) is 2. The van der Waals surface area contributed by atoms with Gasteiger partial charge in [-0.2, -0.15) is 0 Å². The fourth-order valence-corrected chi connectivity index (χ4v) is 1.60. The molecule has 0 saturated carbocycles. The molecule has 1 aromatic heterocycles. The molecule has 0 unspecified atom stereocenters. The SMILES string of the molecule is OCc1cccc2c(Cl)nccc12. The van der Waals surface area contributed by atoms with Crippen LogP contribution in [0, 0.1) is 0 Å². The average Bonchev–Trinajstić information content (AvgIpc) is 2.18. The van der Waals surface area contributed by atoms with Gasteiger partial charge in [0.15, 0.2) is 0 Å². The monoisotopic (exact) mass is 193 g/mol. The van der Waals surface area contributed by atoms with Crippen LogP contribution in [0.25, 0.3) is 10.8 Å². The molecule has 0 fully saturated rings. The largest absolute Gasteiger partial charge is 0.392 e. The minimum absolute atomic E-state index is 0.0255. The van der Waals surface area contributed by atoms with Gasteiger partial charge in [0, 0.05) is 11.6 Å². The molecule has 13 heavy (non-hydrogen) atoms. The third-order valence-corrected chi connectivity index (χ3v) is 2.32. The Balaban J connectivity index is 2.84. The molecule has 2 nitrogen and oxygen atoms in total. The Morgan fingerprint density at radius 2 is 2.08 bits per heavy atom. The van der Waals surface area contributed by atoms with Crippen LogP contribution >= 0.6 is 11.6 Å². The maximum Gasteiger partial charge on any atom is 0.136 e. The highest BCUT2D eigenvalue weighted by Gasteiger charge is 2.02. The Bertz CT molecular complexity index is 442. The van der Waals surface area contributed by atoms with E-state index in [1.165, 1.54) is 0 Å². The predicted octanol–water partition coefficient (Wildman–Crippen LogP) is 2.38. The van der Waals surface area contributed by atoms with E-state index in [2.05, 4.69) is 4.98 Å². The van der Waals surface area contributed by atoms with Crippen molar-refractivity contribution in [2.24, 2.45) is 0 Å². The van der Waals surface area contributed by atoms with E-state index in [1.807, 2.05) is 24.3 Å². The Hall–Kier alpha value is -1.12. The first-order valence-corrected chi connectivity index (χ1v) is 4.33. The number of rotatable bonds is 1. The highest BCUT2D eigenvalue weighted by atomic mass is 35.5. The third-order valence-electron chi connectivity index (χ3n) is 2.02. The summed E-state index contributed by atoms with van der Waals surface area (Å²) in [6, 6.07) is 7.48. The van der Waals surface area contributed by atoms with Gasteiger partial charge in [-0.25, -0.2) is 4.98 Å². The third kappa shape index (κ3) is 1.39. The van der Waals surface area contributed by atoms with Crippen LogP contribution in [0.1, 0.15) is 5.56 Å². The number of nitrogens with zero attached hydrogens (tertiary/aromatic N) is 1. The van der Waals surface area contributed by atoms with Crippen molar-refractivity contribution in [1.29, 1.82) is 0 Å². The van der Waals surface area contributed by atoms with Crippen LogP contribution in [-0.2, 0) is 6.61 Å². The van der Waals surface area contributed by atoms with Gasteiger partial charge in [0.1, 0.15) is 5.15 Å². The number of fused-ring (bicyclic) bond motifs is 1. The van der Waals surface area contributed by atoms with E-state index in [9.17, 15) is 0 Å². The molecule has 2 aromatic rings. The molecule has 0 aliphatic carbocycles. The molecule has 1 heterocycles. The molecule has 3 heteroatoms. The van der Waals surface area contributed by atoms with E-state index in [0.29, 0.717) is 5.15 Å². The highest BCUT2D eigenvalue weighted by Crippen LogP contribution is 2.23. The van der Waals surface area contributed by atoms with E-state index in [-0.39, 0.29) is 6.61 Å². The van der Waals surface area contributed by atoms with E-state index in [0.717, 1.165) is 16.3 Å². The Kier molecular flexibility index (Phi) is 2.17. The molecule has 2 rings (SSSR count). The molecule has 1 aromatic carbocycles. The van der Waals surface area contributed by atoms with Crippen LogP contribution in [-0.4, -0.2) is 10.1 Å². The smallest absolute Gasteiger partial charge is 0.136 e. The Labute approximate surface area is 80.8 Å². The standard InChI is InChI=1S/C10H8ClNO/c11-10-9-3-1-2-7(6-13)8(9)4-5-12-10/h1-5,13H,6H2. The van der Waals surface area contributed by atoms with Gasteiger partial charge < -0.3 is 5.11 Å². The zero-order valence-electron chi connectivity index (χ0n) is 6.87. The zero-order valence-corrected chi connectivity index (χ0v) is 7.62. The van der Waals surface area contributed by atoms with Crippen molar-refractivity contribution in [2.75, 3.05) is 0 Å². The van der Waals surface area contributed by atoms with Gasteiger partial charge in [-0.3, -0.25) is 0 Å². The topological polar surface area (TPSA) is 33.1 Å². The van der Waals surface area contributed by atoms with E-state index in [1.54, 1.807) is 6.20 Å². The summed E-state index contributed by atoms with van der Waals surface area (Å²) in [7, 11) is 0. The molecule has 1 N–H and O–H groups in total. The van der Waals surface area contributed by atoms with Crippen LogP contribution in [0.3, 0.4) is 0 Å². The first kappa shape index (κ1) is 8.48. The van der Waals surface area contributed by atoms with Gasteiger partial charge in [0.2, 0.25) is 0 Å². The second-order valence-electron chi connectivity index (χ2n) is 2.77. The average molecular weight is 194 g/mol. The summed E-state index contributed by atoms with van der Waals surface area (Å²) in [6.45, 7) is 0.0255. The lowest BCUT2D eigenvalue weighted by atomic mass is 10.1. The number of hydrogen-bond donors (Lipinski definition) is 1. The molecule has 0 amide bonds. The van der Waals surface area contributed by atoms with Crippen molar-refractivity contribution in [3.8, 4) is 0 Å². The van der Waals surface area contributed by atoms with Gasteiger partial charge in [-0.05, 0) is 17.0 Å². The van der Waals surface area contributed by atoms with Crippen molar-refractivity contribution >= 4 is 22.4 Å². The number of aliphatic hydroxyl groups excluding tert-OH is 1. The van der Waals surface area contributed by atoms with Crippen molar-refractivity contribution in [3.63, 3.8) is 0 Å². The summed E-state index contributed by atoms with van der Waals surface area (Å²) >= 11 is 5.89. The van der Waals surface area contributed by atoms with Gasteiger partial charge in [-0.1, -0.05) is 29.8 Å². The van der Waals surface area contributed by atoms with Crippen molar-refractivity contribution < 1.29 is 5.11 Å². The molecule has 0 aliphatic heterocycles. The van der Waals surface area contributed by atoms with Crippen LogP contribution in [0.2, 0.25) is 5.15 Å². The first-order valence-electron chi connectivity index (χ1n) is 3.96. The van der Waals surface area contributed by atoms with Crippen LogP contribution in [0.5, 0.6) is 0 Å². The Morgan fingerprint density at radius 3 is 2.85 bits per heavy atom. The molecule has 0 saturated heterocycles. The predicted molar refractivity (Wildman–Crippen MR) is 52.7 cm³/mol. The Morgan fingerprint density at radius 1 is 1.23 bits per heavy atom. The highest BCUT2D eigenvalue weighted by molar-refractivity contribution is 6.34. The van der Waals surface area contributed by atoms with Crippen molar-refractivity contribution in [1.82, 2.24) is 4.98 Å². The maximum absolute atomic E-state index is 9.06. The molecule has 66 valence electrons. The summed E-state index contributed by atoms with van der Waals surface area (Å²) in [4.78, 5) is 3.97. The summed E-state index contributed by atoms with van der Waals surface area (Å²) < 4.78 is 0. The number of aromatic nitrogens is 1. The van der Waals surface area contributed by atoms with Crippen molar-refractivity contribution in [2.45, 2.75) is 6.61 Å². The minimum Gasteiger partial charge on any atom is -0.392 e. The van der Waals surface area contributed by atoms with Crippen LogP contribution < -0.4 is 0 Å². The molecule has 0 spiro atoms. The van der Waals surface area contributed by atoms with E-state index >= 15 is 0 Å². The van der Waals surface area contributed by atoms with Gasteiger partial charge in [0.05, 0.1) is 6.61 Å². The second kappa shape index (κ2) is 3.32. The van der Waals surface area contributed by atoms with Crippen LogP contribution in [0.4, 0.5) is 0 Å². The van der Waals surface area contributed by atoms with Gasteiger partial charge in [-0.15, -0.1) is 0 Å². The van der Waals surface area contributed by atoms with Crippen LogP contribution in [0.15, 0.2) is 30.5 Å². The normalized spacial score (nSPS) is 10.6. The summed E-state index contributed by atoms with van der Waals surface area (Å²) in [5.74, 6) is 0. The van der Waals surface area contributed by atoms with Gasteiger partial charge in [0.25, 0.3) is 0 Å². The van der Waals surface area contributed by atoms with E-state index < -0.39 is 0 Å². The lowest BCUT2D eigenvalue weighted by Gasteiger charge is -2.03. The molecular formula is C10H8ClNO. The summed E-state index contributed by atoms with van der Waals surface area (Å²) in [6.07, 6.45) is 1.64. The fourth-order valence-electron chi connectivity index (χ4n) is 1.37. The number of halogens is 1. The molecule has 0 atom stereocenters. The lowest BCUT2D eigenvalue weighted by molar-refractivity contribution is 0.283. The zero-order chi connectivity index (χ0) is 9.26. The fraction of sp³-hybridized carbons (Fsp3) is 0.100. The molecule has 0 bridgehead atoms. The number of benzene rings is 1. The number of pyridine rings is 1. The summed E-state index contributed by atoms with van der Waals surface area (Å²) in [5.41, 5.74) is 0.877.